The first kappa shape index (κ1) is 11.8. The fraction of sp³-hybridized carbons (Fsp3) is 0.0909. The summed E-state index contributed by atoms with van der Waals surface area (Å²) in [7, 11) is 1.35. The van der Waals surface area contributed by atoms with Gasteiger partial charge >= 0.3 is 6.09 Å². The van der Waals surface area contributed by atoms with Gasteiger partial charge < -0.3 is 15.5 Å². The predicted molar refractivity (Wildman–Crippen MR) is 60.5 cm³/mol. The van der Waals surface area contributed by atoms with Crippen LogP contribution in [0.1, 0.15) is 0 Å². The van der Waals surface area contributed by atoms with E-state index in [4.69, 9.17) is 5.11 Å². The minimum Gasteiger partial charge on any atom is -0.506 e. The smallest absolute Gasteiger partial charge is 0.404 e. The van der Waals surface area contributed by atoms with Gasteiger partial charge in [-0.2, -0.15) is 0 Å². The Morgan fingerprint density at radius 1 is 1.31 bits per heavy atom. The van der Waals surface area contributed by atoms with E-state index in [9.17, 15) is 9.90 Å². The summed E-state index contributed by atoms with van der Waals surface area (Å²) in [6.07, 6.45) is 0.673. The Bertz CT molecular complexity index is 480. The third-order valence-corrected chi connectivity index (χ3v) is 1.83. The molecule has 0 unspecified atom stereocenters. The number of aromatic nitrogens is 1. The number of benzene rings is 1. The molecular weight excluding hydrogens is 208 g/mol. The van der Waals surface area contributed by atoms with Crippen LogP contribution in [0.5, 0.6) is 5.75 Å². The van der Waals surface area contributed by atoms with Gasteiger partial charge in [0.15, 0.2) is 0 Å². The van der Waals surface area contributed by atoms with Gasteiger partial charge in [-0.15, -0.1) is 0 Å². The van der Waals surface area contributed by atoms with Crippen LogP contribution < -0.4 is 5.32 Å². The molecule has 0 aliphatic carbocycles. The molecule has 5 nitrogen and oxygen atoms in total. The number of aromatic hydroxyl groups is 1. The van der Waals surface area contributed by atoms with Crippen molar-refractivity contribution in [3.8, 4) is 5.75 Å². The van der Waals surface area contributed by atoms with Crippen molar-refractivity contribution < 1.29 is 15.0 Å². The van der Waals surface area contributed by atoms with Gasteiger partial charge in [-0.1, -0.05) is 18.2 Å². The third kappa shape index (κ3) is 3.13. The zero-order valence-electron chi connectivity index (χ0n) is 8.71. The highest BCUT2D eigenvalue weighted by Crippen LogP contribution is 2.20. The highest BCUT2D eigenvalue weighted by molar-refractivity contribution is 5.83. The summed E-state index contributed by atoms with van der Waals surface area (Å²) >= 11 is 0. The number of para-hydroxylation sites is 1. The number of phenols is 1. The molecule has 0 atom stereocenters. The molecule has 0 aliphatic rings. The number of carboxylic acid groups (broad SMARTS) is 1. The number of fused-ring (bicyclic) bond motifs is 1. The Kier molecular flexibility index (Phi) is 4.08. The second kappa shape index (κ2) is 5.55. The van der Waals surface area contributed by atoms with Gasteiger partial charge in [0.25, 0.3) is 0 Å². The quantitative estimate of drug-likeness (QED) is 0.632. The van der Waals surface area contributed by atoms with Crippen LogP contribution >= 0.6 is 0 Å². The maximum absolute atomic E-state index is 9.31. The Balaban J connectivity index is 0.000000221. The van der Waals surface area contributed by atoms with Gasteiger partial charge in [-0.25, -0.2) is 4.79 Å². The van der Waals surface area contributed by atoms with E-state index in [1.54, 1.807) is 18.3 Å². The average Bonchev–Trinajstić information content (AvgIpc) is 2.30. The first-order chi connectivity index (χ1) is 7.65. The summed E-state index contributed by atoms with van der Waals surface area (Å²) in [5, 5.41) is 19.8. The highest BCUT2D eigenvalue weighted by atomic mass is 16.4. The standard InChI is InChI=1S/C9H7NO.C2H5NO2/c11-8-5-1-3-7-4-2-6-10-9(7)8;1-3-2(4)5/h1-6,11H;3H,1H3,(H,4,5). The molecule has 1 amide bonds. The first-order valence-corrected chi connectivity index (χ1v) is 4.58. The molecular formula is C11H12N2O3. The van der Waals surface area contributed by atoms with E-state index in [-0.39, 0.29) is 5.75 Å². The molecule has 3 N–H and O–H groups in total. The minimum atomic E-state index is -0.995. The van der Waals surface area contributed by atoms with Gasteiger partial charge in [-0.05, 0) is 12.1 Å². The lowest BCUT2D eigenvalue weighted by Gasteiger charge is -1.96. The van der Waals surface area contributed by atoms with Gasteiger partial charge in [0.05, 0.1) is 0 Å². The van der Waals surface area contributed by atoms with Crippen LogP contribution in [0.2, 0.25) is 0 Å². The second-order valence-electron chi connectivity index (χ2n) is 2.91. The highest BCUT2D eigenvalue weighted by Gasteiger charge is 1.96. The number of rotatable bonds is 0. The summed E-state index contributed by atoms with van der Waals surface area (Å²) in [5.74, 6) is 0.239. The average molecular weight is 220 g/mol. The van der Waals surface area contributed by atoms with Crippen molar-refractivity contribution in [2.24, 2.45) is 0 Å². The van der Waals surface area contributed by atoms with Crippen molar-refractivity contribution in [2.45, 2.75) is 0 Å². The van der Waals surface area contributed by atoms with Gasteiger partial charge in [0, 0.05) is 18.6 Å². The maximum Gasteiger partial charge on any atom is 0.404 e. The fourth-order valence-corrected chi connectivity index (χ4v) is 1.09. The van der Waals surface area contributed by atoms with Crippen molar-refractivity contribution in [1.82, 2.24) is 10.3 Å². The van der Waals surface area contributed by atoms with E-state index in [1.807, 2.05) is 23.5 Å². The lowest BCUT2D eigenvalue weighted by Crippen LogP contribution is -2.13. The van der Waals surface area contributed by atoms with E-state index in [0.29, 0.717) is 5.52 Å². The lowest BCUT2D eigenvalue weighted by atomic mass is 10.2. The summed E-state index contributed by atoms with van der Waals surface area (Å²) in [6.45, 7) is 0. The molecule has 0 radical (unpaired) electrons. The van der Waals surface area contributed by atoms with Crippen LogP contribution in [0, 0.1) is 0 Å². The Hall–Kier alpha value is -2.30. The molecule has 0 aliphatic heterocycles. The molecule has 0 saturated carbocycles. The zero-order chi connectivity index (χ0) is 12.0. The maximum atomic E-state index is 9.31. The van der Waals surface area contributed by atoms with Gasteiger partial charge in [-0.3, -0.25) is 4.98 Å². The van der Waals surface area contributed by atoms with Crippen molar-refractivity contribution in [3.05, 3.63) is 36.5 Å². The molecule has 2 aromatic rings. The Morgan fingerprint density at radius 2 is 1.94 bits per heavy atom. The van der Waals surface area contributed by atoms with Crippen LogP contribution in [-0.2, 0) is 0 Å². The number of hydrogen-bond acceptors (Lipinski definition) is 3. The van der Waals surface area contributed by atoms with E-state index >= 15 is 0 Å². The van der Waals surface area contributed by atoms with Crippen LogP contribution in [0.15, 0.2) is 36.5 Å². The van der Waals surface area contributed by atoms with Crippen LogP contribution in [0.25, 0.3) is 10.9 Å². The summed E-state index contributed by atoms with van der Waals surface area (Å²) < 4.78 is 0. The molecule has 1 aromatic heterocycles. The number of carbonyl (C=O) groups is 1. The van der Waals surface area contributed by atoms with Crippen LogP contribution in [0.4, 0.5) is 4.79 Å². The SMILES string of the molecule is CNC(=O)O.Oc1cccc2cccnc12. The number of phenolic OH excluding ortho intramolecular Hbond substituents is 1. The molecule has 2 rings (SSSR count). The van der Waals surface area contributed by atoms with Crippen molar-refractivity contribution in [1.29, 1.82) is 0 Å². The number of nitrogens with one attached hydrogen (secondary N) is 1. The summed E-state index contributed by atoms with van der Waals surface area (Å²) in [5.41, 5.74) is 0.662. The summed E-state index contributed by atoms with van der Waals surface area (Å²) in [4.78, 5) is 13.3. The molecule has 5 heteroatoms. The topological polar surface area (TPSA) is 82.5 Å². The van der Waals surface area contributed by atoms with Crippen molar-refractivity contribution in [2.75, 3.05) is 7.05 Å². The molecule has 16 heavy (non-hydrogen) atoms. The van der Waals surface area contributed by atoms with Gasteiger partial charge in [0.2, 0.25) is 0 Å². The second-order valence-corrected chi connectivity index (χ2v) is 2.91. The molecule has 1 heterocycles. The molecule has 0 bridgehead atoms. The molecule has 0 fully saturated rings. The lowest BCUT2D eigenvalue weighted by molar-refractivity contribution is 0.197. The molecule has 84 valence electrons. The van der Waals surface area contributed by atoms with Crippen LogP contribution in [0.3, 0.4) is 0 Å². The van der Waals surface area contributed by atoms with E-state index in [0.717, 1.165) is 5.39 Å². The number of pyridine rings is 1. The van der Waals surface area contributed by atoms with Crippen molar-refractivity contribution in [3.63, 3.8) is 0 Å². The monoisotopic (exact) mass is 220 g/mol. The first-order valence-electron chi connectivity index (χ1n) is 4.58. The minimum absolute atomic E-state index is 0.239. The summed E-state index contributed by atoms with van der Waals surface area (Å²) in [6, 6.07) is 9.13. The van der Waals surface area contributed by atoms with Gasteiger partial charge in [0.1, 0.15) is 11.3 Å². The van der Waals surface area contributed by atoms with E-state index in [1.165, 1.54) is 7.05 Å². The number of nitrogens with zero attached hydrogens (tertiary/aromatic N) is 1. The molecule has 0 saturated heterocycles. The molecule has 0 spiro atoms. The third-order valence-electron chi connectivity index (χ3n) is 1.83. The normalized spacial score (nSPS) is 9.06. The van der Waals surface area contributed by atoms with E-state index in [2.05, 4.69) is 4.98 Å². The van der Waals surface area contributed by atoms with Crippen LogP contribution in [-0.4, -0.2) is 28.3 Å². The Labute approximate surface area is 92.4 Å². The Morgan fingerprint density at radius 3 is 2.50 bits per heavy atom. The zero-order valence-corrected chi connectivity index (χ0v) is 8.71. The predicted octanol–water partition coefficient (Wildman–Crippen LogP) is 1.82. The molecule has 1 aromatic carbocycles. The number of amides is 1. The van der Waals surface area contributed by atoms with Crippen molar-refractivity contribution >= 4 is 17.0 Å². The fourth-order valence-electron chi connectivity index (χ4n) is 1.09. The number of hydrogen-bond donors (Lipinski definition) is 3. The largest absolute Gasteiger partial charge is 0.506 e. The van der Waals surface area contributed by atoms with E-state index < -0.39 is 6.09 Å².